The summed E-state index contributed by atoms with van der Waals surface area (Å²) < 4.78 is 0. The number of hydrogen-bond donors (Lipinski definition) is 1. The van der Waals surface area contributed by atoms with Crippen LogP contribution in [0.3, 0.4) is 0 Å². The van der Waals surface area contributed by atoms with Crippen molar-refractivity contribution in [2.45, 2.75) is 6.92 Å². The zero-order valence-corrected chi connectivity index (χ0v) is 14.7. The van der Waals surface area contributed by atoms with Crippen molar-refractivity contribution in [3.8, 4) is 0 Å². The Kier molecular flexibility index (Phi) is 5.02. The summed E-state index contributed by atoms with van der Waals surface area (Å²) in [5, 5.41) is 4.00. The van der Waals surface area contributed by atoms with E-state index in [1.54, 1.807) is 12.4 Å². The van der Waals surface area contributed by atoms with Gasteiger partial charge in [0.25, 0.3) is 5.91 Å². The van der Waals surface area contributed by atoms with Crippen LogP contribution < -0.4 is 5.32 Å². The van der Waals surface area contributed by atoms with Crippen LogP contribution in [-0.4, -0.2) is 53.9 Å². The van der Waals surface area contributed by atoms with E-state index >= 15 is 0 Å². The van der Waals surface area contributed by atoms with Crippen molar-refractivity contribution in [1.29, 1.82) is 0 Å². The Bertz CT molecular complexity index is 742. The molecule has 0 saturated carbocycles. The number of carbonyl (C=O) groups is 1. The first-order valence-corrected chi connectivity index (χ1v) is 8.37. The van der Waals surface area contributed by atoms with E-state index in [2.05, 4.69) is 22.2 Å². The number of nitrogens with one attached hydrogen (secondary N) is 1. The zero-order valence-electron chi connectivity index (χ0n) is 13.9. The lowest BCUT2D eigenvalue weighted by Gasteiger charge is -2.32. The van der Waals surface area contributed by atoms with Gasteiger partial charge in [-0.2, -0.15) is 0 Å². The topological polar surface area (TPSA) is 48.5 Å². The number of nitrogens with zero attached hydrogens (tertiary/aromatic N) is 3. The van der Waals surface area contributed by atoms with Gasteiger partial charge in [0.2, 0.25) is 0 Å². The van der Waals surface area contributed by atoms with Gasteiger partial charge in [-0.25, -0.2) is 0 Å². The van der Waals surface area contributed by atoms with Gasteiger partial charge in [-0.3, -0.25) is 9.78 Å². The molecule has 1 aliphatic rings. The number of rotatable bonds is 3. The number of pyridine rings is 1. The monoisotopic (exact) mass is 344 g/mol. The normalized spacial score (nSPS) is 15.4. The first-order chi connectivity index (χ1) is 11.5. The number of aromatic nitrogens is 1. The fourth-order valence-electron chi connectivity index (χ4n) is 2.72. The van der Waals surface area contributed by atoms with E-state index in [4.69, 9.17) is 11.6 Å². The molecule has 126 valence electrons. The molecule has 2 aromatic rings. The van der Waals surface area contributed by atoms with Crippen LogP contribution in [0.5, 0.6) is 0 Å². The molecule has 5 nitrogen and oxygen atoms in total. The maximum absolute atomic E-state index is 12.7. The Morgan fingerprint density at radius 1 is 1.21 bits per heavy atom. The summed E-state index contributed by atoms with van der Waals surface area (Å²) in [4.78, 5) is 21.0. The predicted octanol–water partition coefficient (Wildman–Crippen LogP) is 3.17. The second kappa shape index (κ2) is 7.20. The molecule has 24 heavy (non-hydrogen) atoms. The van der Waals surface area contributed by atoms with E-state index in [-0.39, 0.29) is 5.91 Å². The fourth-order valence-corrected chi connectivity index (χ4v) is 2.89. The molecule has 0 radical (unpaired) electrons. The van der Waals surface area contributed by atoms with Crippen LogP contribution in [0.15, 0.2) is 36.7 Å². The molecule has 0 spiro atoms. The quantitative estimate of drug-likeness (QED) is 0.929. The number of amides is 1. The Balaban J connectivity index is 1.76. The second-order valence-corrected chi connectivity index (χ2v) is 6.50. The molecule has 1 aliphatic heterocycles. The number of piperazine rings is 1. The van der Waals surface area contributed by atoms with Crippen LogP contribution in [0, 0.1) is 6.92 Å². The lowest BCUT2D eigenvalue weighted by atomic mass is 10.1. The Labute approximate surface area is 147 Å². The first kappa shape index (κ1) is 16.7. The summed E-state index contributed by atoms with van der Waals surface area (Å²) in [6.07, 6.45) is 3.33. The van der Waals surface area contributed by atoms with Crippen LogP contribution in [0.2, 0.25) is 5.02 Å². The smallest absolute Gasteiger partial charge is 0.255 e. The SMILES string of the molecule is Cc1c(Cl)cccc1Nc1cncc(C(=O)N2CCN(C)CC2)c1. The first-order valence-electron chi connectivity index (χ1n) is 7.99. The molecular weight excluding hydrogens is 324 g/mol. The van der Waals surface area contributed by atoms with Crippen LogP contribution >= 0.6 is 11.6 Å². The molecule has 0 unspecified atom stereocenters. The van der Waals surface area contributed by atoms with Gasteiger partial charge >= 0.3 is 0 Å². The van der Waals surface area contributed by atoms with Crippen molar-refractivity contribution in [2.75, 3.05) is 38.5 Å². The average molecular weight is 345 g/mol. The summed E-state index contributed by atoms with van der Waals surface area (Å²) in [5.74, 6) is 0.0297. The average Bonchev–Trinajstić information content (AvgIpc) is 2.59. The standard InChI is InChI=1S/C18H21ClN4O/c1-13-16(19)4-3-5-17(13)21-15-10-14(11-20-12-15)18(24)23-8-6-22(2)7-9-23/h3-5,10-12,21H,6-9H2,1-2H3. The van der Waals surface area contributed by atoms with Crippen molar-refractivity contribution in [1.82, 2.24) is 14.8 Å². The van der Waals surface area contributed by atoms with E-state index < -0.39 is 0 Å². The maximum Gasteiger partial charge on any atom is 0.255 e. The number of carbonyl (C=O) groups excluding carboxylic acids is 1. The van der Waals surface area contributed by atoms with Gasteiger partial charge in [0.1, 0.15) is 0 Å². The number of anilines is 2. The van der Waals surface area contributed by atoms with Crippen molar-refractivity contribution in [3.63, 3.8) is 0 Å². The molecule has 1 N–H and O–H groups in total. The predicted molar refractivity (Wildman–Crippen MR) is 97.1 cm³/mol. The Morgan fingerprint density at radius 3 is 2.71 bits per heavy atom. The maximum atomic E-state index is 12.7. The van der Waals surface area contributed by atoms with E-state index in [9.17, 15) is 4.79 Å². The lowest BCUT2D eigenvalue weighted by molar-refractivity contribution is 0.0663. The highest BCUT2D eigenvalue weighted by atomic mass is 35.5. The number of hydrogen-bond acceptors (Lipinski definition) is 4. The lowest BCUT2D eigenvalue weighted by Crippen LogP contribution is -2.47. The van der Waals surface area contributed by atoms with Crippen molar-refractivity contribution in [3.05, 3.63) is 52.8 Å². The van der Waals surface area contributed by atoms with Gasteiger partial charge in [-0.05, 0) is 37.7 Å². The molecule has 1 aromatic heterocycles. The molecule has 1 fully saturated rings. The highest BCUT2D eigenvalue weighted by Gasteiger charge is 2.20. The van der Waals surface area contributed by atoms with Gasteiger partial charge in [0.15, 0.2) is 0 Å². The van der Waals surface area contributed by atoms with Crippen LogP contribution in [0.1, 0.15) is 15.9 Å². The summed E-state index contributed by atoms with van der Waals surface area (Å²) in [5.41, 5.74) is 3.26. The van der Waals surface area contributed by atoms with E-state index in [0.717, 1.165) is 43.1 Å². The van der Waals surface area contributed by atoms with E-state index in [1.807, 2.05) is 36.1 Å². The van der Waals surface area contributed by atoms with Gasteiger partial charge in [-0.1, -0.05) is 17.7 Å². The molecule has 1 saturated heterocycles. The Morgan fingerprint density at radius 2 is 1.96 bits per heavy atom. The second-order valence-electron chi connectivity index (χ2n) is 6.10. The summed E-state index contributed by atoms with van der Waals surface area (Å²) in [6.45, 7) is 5.26. The molecule has 1 aromatic carbocycles. The zero-order chi connectivity index (χ0) is 17.1. The van der Waals surface area contributed by atoms with Gasteiger partial charge < -0.3 is 15.1 Å². The minimum atomic E-state index is 0.0297. The minimum Gasteiger partial charge on any atom is -0.354 e. The van der Waals surface area contributed by atoms with E-state index in [1.165, 1.54) is 0 Å². The molecule has 0 aliphatic carbocycles. The Hall–Kier alpha value is -2.11. The molecule has 0 atom stereocenters. The van der Waals surface area contributed by atoms with Crippen molar-refractivity contribution < 1.29 is 4.79 Å². The third kappa shape index (κ3) is 3.68. The van der Waals surface area contributed by atoms with Crippen LogP contribution in [-0.2, 0) is 0 Å². The molecule has 1 amide bonds. The third-order valence-electron chi connectivity index (χ3n) is 4.32. The molecule has 6 heteroatoms. The number of halogens is 1. The van der Waals surface area contributed by atoms with E-state index in [0.29, 0.717) is 10.6 Å². The van der Waals surface area contributed by atoms with Gasteiger partial charge in [-0.15, -0.1) is 0 Å². The molecule has 0 bridgehead atoms. The molecule has 3 rings (SSSR count). The minimum absolute atomic E-state index is 0.0297. The van der Waals surface area contributed by atoms with Gasteiger partial charge in [0.05, 0.1) is 17.4 Å². The van der Waals surface area contributed by atoms with Crippen molar-refractivity contribution in [2.24, 2.45) is 0 Å². The number of benzene rings is 1. The highest BCUT2D eigenvalue weighted by Crippen LogP contribution is 2.26. The largest absolute Gasteiger partial charge is 0.354 e. The van der Waals surface area contributed by atoms with Crippen LogP contribution in [0.4, 0.5) is 11.4 Å². The summed E-state index contributed by atoms with van der Waals surface area (Å²) in [7, 11) is 2.07. The fraction of sp³-hybridized carbons (Fsp3) is 0.333. The summed E-state index contributed by atoms with van der Waals surface area (Å²) >= 11 is 6.15. The van der Waals surface area contributed by atoms with Gasteiger partial charge in [0, 0.05) is 43.1 Å². The number of likely N-dealkylation sites (N-methyl/N-ethyl adjacent to an activating group) is 1. The highest BCUT2D eigenvalue weighted by molar-refractivity contribution is 6.31. The third-order valence-corrected chi connectivity index (χ3v) is 4.73. The molecular formula is C18H21ClN4O. The molecule has 2 heterocycles. The van der Waals surface area contributed by atoms with Crippen LogP contribution in [0.25, 0.3) is 0 Å². The summed E-state index contributed by atoms with van der Waals surface area (Å²) in [6, 6.07) is 7.54. The van der Waals surface area contributed by atoms with Crippen molar-refractivity contribution >= 4 is 28.9 Å².